The van der Waals surface area contributed by atoms with Crippen molar-refractivity contribution in [1.29, 1.82) is 0 Å². The van der Waals surface area contributed by atoms with Gasteiger partial charge in [-0.05, 0) is 25.5 Å². The summed E-state index contributed by atoms with van der Waals surface area (Å²) in [6.07, 6.45) is 6.18. The average molecular weight is 362 g/mol. The van der Waals surface area contributed by atoms with Crippen molar-refractivity contribution in [2.45, 2.75) is 25.9 Å². The maximum atomic E-state index is 14.0. The van der Waals surface area contributed by atoms with Gasteiger partial charge in [0.2, 0.25) is 0 Å². The highest BCUT2D eigenvalue weighted by atomic mass is 19.1. The summed E-state index contributed by atoms with van der Waals surface area (Å²) < 4.78 is 29.9. The Morgan fingerprint density at radius 3 is 2.85 bits per heavy atom. The van der Waals surface area contributed by atoms with Crippen LogP contribution in [0.2, 0.25) is 0 Å². The average Bonchev–Trinajstić information content (AvgIpc) is 3.27. The molecule has 0 saturated carbocycles. The van der Waals surface area contributed by atoms with Crippen molar-refractivity contribution in [3.05, 3.63) is 48.6 Å². The summed E-state index contributed by atoms with van der Waals surface area (Å²) in [6, 6.07) is 4.05. The van der Waals surface area contributed by atoms with Crippen molar-refractivity contribution in [1.82, 2.24) is 20.2 Å². The standard InChI is InChI=1S/C18H24F2N6/c1-2-22-18(23-8-11-25-10-7-21-13-25)24-14-6-9-26(12-14)17-15(19)4-3-5-16(17)20/h3-5,7,10,13-14H,2,6,8-9,11-12H2,1H3,(H2,22,23,24). The topological polar surface area (TPSA) is 57.5 Å². The number of nitrogens with zero attached hydrogens (tertiary/aromatic N) is 4. The zero-order chi connectivity index (χ0) is 18.4. The SMILES string of the molecule is CCNC(=NCCn1ccnc1)NC1CCN(c2c(F)cccc2F)C1. The molecule has 0 bridgehead atoms. The van der Waals surface area contributed by atoms with Crippen molar-refractivity contribution >= 4 is 11.6 Å². The Morgan fingerprint density at radius 2 is 2.15 bits per heavy atom. The lowest BCUT2D eigenvalue weighted by atomic mass is 10.2. The largest absolute Gasteiger partial charge is 0.365 e. The zero-order valence-electron chi connectivity index (χ0n) is 14.8. The van der Waals surface area contributed by atoms with E-state index in [1.54, 1.807) is 17.4 Å². The fourth-order valence-electron chi connectivity index (χ4n) is 3.08. The molecule has 1 unspecified atom stereocenters. The van der Waals surface area contributed by atoms with E-state index in [1.807, 2.05) is 17.7 Å². The minimum Gasteiger partial charge on any atom is -0.365 e. The molecular formula is C18H24F2N6. The van der Waals surface area contributed by atoms with Crippen LogP contribution in [0.3, 0.4) is 0 Å². The number of guanidine groups is 1. The number of nitrogens with one attached hydrogen (secondary N) is 2. The Bertz CT molecular complexity index is 711. The molecule has 0 aliphatic carbocycles. The summed E-state index contributed by atoms with van der Waals surface area (Å²) in [5.41, 5.74) is 0.0545. The van der Waals surface area contributed by atoms with E-state index in [2.05, 4.69) is 20.6 Å². The first-order valence-electron chi connectivity index (χ1n) is 8.87. The third-order valence-corrected chi connectivity index (χ3v) is 4.31. The number of hydrogen-bond donors (Lipinski definition) is 2. The van der Waals surface area contributed by atoms with E-state index in [1.165, 1.54) is 18.2 Å². The monoisotopic (exact) mass is 362 g/mol. The third kappa shape index (κ3) is 4.50. The van der Waals surface area contributed by atoms with Gasteiger partial charge in [-0.3, -0.25) is 4.99 Å². The molecule has 0 spiro atoms. The first-order chi connectivity index (χ1) is 12.7. The van der Waals surface area contributed by atoms with Gasteiger partial charge in [-0.1, -0.05) is 6.07 Å². The highest BCUT2D eigenvalue weighted by Gasteiger charge is 2.27. The number of aromatic nitrogens is 2. The van der Waals surface area contributed by atoms with Crippen LogP contribution in [0.1, 0.15) is 13.3 Å². The maximum absolute atomic E-state index is 14.0. The molecule has 26 heavy (non-hydrogen) atoms. The highest BCUT2D eigenvalue weighted by molar-refractivity contribution is 5.80. The summed E-state index contributed by atoms with van der Waals surface area (Å²) in [5.74, 6) is -0.327. The molecule has 1 aromatic heterocycles. The number of hydrogen-bond acceptors (Lipinski definition) is 3. The molecule has 2 N–H and O–H groups in total. The van der Waals surface area contributed by atoms with Gasteiger partial charge in [0.1, 0.15) is 17.3 Å². The van der Waals surface area contributed by atoms with Gasteiger partial charge in [-0.2, -0.15) is 0 Å². The molecular weight excluding hydrogens is 338 g/mol. The lowest BCUT2D eigenvalue weighted by Gasteiger charge is -2.21. The molecule has 2 aromatic rings. The lowest BCUT2D eigenvalue weighted by Crippen LogP contribution is -2.44. The molecule has 1 saturated heterocycles. The molecule has 1 fully saturated rings. The highest BCUT2D eigenvalue weighted by Crippen LogP contribution is 2.26. The van der Waals surface area contributed by atoms with Crippen LogP contribution in [-0.2, 0) is 6.54 Å². The minimum atomic E-state index is -0.522. The van der Waals surface area contributed by atoms with E-state index in [0.717, 1.165) is 19.5 Å². The van der Waals surface area contributed by atoms with Gasteiger partial charge in [-0.15, -0.1) is 0 Å². The third-order valence-electron chi connectivity index (χ3n) is 4.31. The molecule has 1 aliphatic rings. The van der Waals surface area contributed by atoms with Crippen LogP contribution in [0.25, 0.3) is 0 Å². The van der Waals surface area contributed by atoms with Crippen LogP contribution in [0, 0.1) is 11.6 Å². The number of rotatable bonds is 6. The molecule has 1 aromatic carbocycles. The Balaban J connectivity index is 1.58. The summed E-state index contributed by atoms with van der Waals surface area (Å²) in [7, 11) is 0. The predicted octanol–water partition coefficient (Wildman–Crippen LogP) is 2.00. The van der Waals surface area contributed by atoms with Crippen molar-refractivity contribution in [2.24, 2.45) is 4.99 Å². The summed E-state index contributed by atoms with van der Waals surface area (Å²) in [5, 5.41) is 6.58. The van der Waals surface area contributed by atoms with E-state index in [0.29, 0.717) is 25.6 Å². The van der Waals surface area contributed by atoms with Gasteiger partial charge in [0.25, 0.3) is 0 Å². The Labute approximate surface area is 151 Å². The molecule has 3 rings (SSSR count). The van der Waals surface area contributed by atoms with E-state index < -0.39 is 11.6 Å². The number of imidazole rings is 1. The molecule has 0 amide bonds. The van der Waals surface area contributed by atoms with Crippen LogP contribution in [0.5, 0.6) is 0 Å². The Kier molecular flexibility index (Phi) is 6.04. The summed E-state index contributed by atoms with van der Waals surface area (Å²) in [4.78, 5) is 10.3. The second-order valence-corrected chi connectivity index (χ2v) is 6.21. The van der Waals surface area contributed by atoms with E-state index >= 15 is 0 Å². The molecule has 0 radical (unpaired) electrons. The second-order valence-electron chi connectivity index (χ2n) is 6.21. The fraction of sp³-hybridized carbons (Fsp3) is 0.444. The van der Waals surface area contributed by atoms with Crippen molar-refractivity contribution < 1.29 is 8.78 Å². The van der Waals surface area contributed by atoms with Gasteiger partial charge in [-0.25, -0.2) is 13.8 Å². The number of benzene rings is 1. The van der Waals surface area contributed by atoms with Crippen molar-refractivity contribution in [3.8, 4) is 0 Å². The number of anilines is 1. The maximum Gasteiger partial charge on any atom is 0.191 e. The molecule has 2 heterocycles. The van der Waals surface area contributed by atoms with Gasteiger partial charge in [0, 0.05) is 44.6 Å². The Morgan fingerprint density at radius 1 is 1.35 bits per heavy atom. The molecule has 6 nitrogen and oxygen atoms in total. The van der Waals surface area contributed by atoms with Crippen LogP contribution in [0.15, 0.2) is 41.9 Å². The number of aliphatic imine (C=N–C) groups is 1. The van der Waals surface area contributed by atoms with Crippen LogP contribution >= 0.6 is 0 Å². The minimum absolute atomic E-state index is 0.0545. The molecule has 1 aliphatic heterocycles. The summed E-state index contributed by atoms with van der Waals surface area (Å²) >= 11 is 0. The normalized spacial score (nSPS) is 17.6. The zero-order valence-corrected chi connectivity index (χ0v) is 14.8. The second kappa shape index (κ2) is 8.64. The van der Waals surface area contributed by atoms with Gasteiger partial charge in [0.05, 0.1) is 12.9 Å². The first kappa shape index (κ1) is 18.2. The predicted molar refractivity (Wildman–Crippen MR) is 98.3 cm³/mol. The number of halogens is 2. The first-order valence-corrected chi connectivity index (χ1v) is 8.87. The van der Waals surface area contributed by atoms with E-state index in [4.69, 9.17) is 0 Å². The van der Waals surface area contributed by atoms with Gasteiger partial charge >= 0.3 is 0 Å². The molecule has 140 valence electrons. The smallest absolute Gasteiger partial charge is 0.191 e. The fourth-order valence-corrected chi connectivity index (χ4v) is 3.08. The van der Waals surface area contributed by atoms with E-state index in [9.17, 15) is 8.78 Å². The quantitative estimate of drug-likeness (QED) is 0.610. The van der Waals surface area contributed by atoms with Crippen LogP contribution in [0.4, 0.5) is 14.5 Å². The molecule has 8 heteroatoms. The lowest BCUT2D eigenvalue weighted by molar-refractivity contribution is 0.575. The van der Waals surface area contributed by atoms with Crippen molar-refractivity contribution in [2.75, 3.05) is 31.1 Å². The van der Waals surface area contributed by atoms with Gasteiger partial charge in [0.15, 0.2) is 5.96 Å². The number of para-hydroxylation sites is 1. The van der Waals surface area contributed by atoms with Crippen LogP contribution < -0.4 is 15.5 Å². The van der Waals surface area contributed by atoms with Crippen LogP contribution in [-0.4, -0.2) is 47.7 Å². The van der Waals surface area contributed by atoms with E-state index in [-0.39, 0.29) is 11.7 Å². The molecule has 1 atom stereocenters. The van der Waals surface area contributed by atoms with Gasteiger partial charge < -0.3 is 20.1 Å². The van der Waals surface area contributed by atoms with Crippen molar-refractivity contribution in [3.63, 3.8) is 0 Å². The Hall–Kier alpha value is -2.64. The summed E-state index contributed by atoms with van der Waals surface area (Å²) in [6.45, 7) is 5.24.